The van der Waals surface area contributed by atoms with Gasteiger partial charge in [-0.15, -0.1) is 0 Å². The van der Waals surface area contributed by atoms with Crippen molar-refractivity contribution in [1.29, 1.82) is 5.26 Å². The highest BCUT2D eigenvalue weighted by atomic mass is 16.3. The normalized spacial score (nSPS) is 51.2. The van der Waals surface area contributed by atoms with Gasteiger partial charge in [-0.25, -0.2) is 0 Å². The summed E-state index contributed by atoms with van der Waals surface area (Å²) in [5.74, 6) is 1.13. The van der Waals surface area contributed by atoms with Gasteiger partial charge in [-0.2, -0.15) is 5.26 Å². The second-order valence-corrected chi connectivity index (χ2v) is 3.54. The number of rotatable bonds is 0. The van der Waals surface area contributed by atoms with Crippen molar-refractivity contribution in [3.8, 4) is 6.07 Å². The van der Waals surface area contributed by atoms with Gasteiger partial charge in [-0.05, 0) is 25.2 Å². The molecule has 0 aliphatic heterocycles. The third-order valence-corrected chi connectivity index (χ3v) is 2.94. The van der Waals surface area contributed by atoms with Gasteiger partial charge in [0.15, 0.2) is 0 Å². The van der Waals surface area contributed by atoms with Crippen molar-refractivity contribution in [3.05, 3.63) is 0 Å². The summed E-state index contributed by atoms with van der Waals surface area (Å²) in [7, 11) is 0. The van der Waals surface area contributed by atoms with E-state index in [1.807, 2.05) is 0 Å². The Balaban J connectivity index is 2.14. The van der Waals surface area contributed by atoms with Crippen LogP contribution < -0.4 is 0 Å². The predicted molar refractivity (Wildman–Crippen MR) is 35.9 cm³/mol. The third-order valence-electron chi connectivity index (χ3n) is 2.94. The molecule has 2 saturated carbocycles. The second kappa shape index (κ2) is 1.96. The van der Waals surface area contributed by atoms with Crippen LogP contribution in [0.5, 0.6) is 0 Å². The molecule has 2 nitrogen and oxygen atoms in total. The van der Waals surface area contributed by atoms with Crippen LogP contribution in [0, 0.1) is 29.1 Å². The highest BCUT2D eigenvalue weighted by Gasteiger charge is 2.45. The average molecular weight is 137 g/mol. The van der Waals surface area contributed by atoms with Crippen LogP contribution in [-0.2, 0) is 0 Å². The summed E-state index contributed by atoms with van der Waals surface area (Å²) >= 11 is 0. The molecule has 2 aliphatic rings. The van der Waals surface area contributed by atoms with Gasteiger partial charge in [0.2, 0.25) is 0 Å². The lowest BCUT2D eigenvalue weighted by Gasteiger charge is -2.19. The topological polar surface area (TPSA) is 44.0 Å². The molecule has 0 unspecified atom stereocenters. The largest absolute Gasteiger partial charge is 0.393 e. The maximum Gasteiger partial charge on any atom is 0.0659 e. The van der Waals surface area contributed by atoms with Gasteiger partial charge in [-0.3, -0.25) is 0 Å². The molecular weight excluding hydrogens is 126 g/mol. The molecular formula is C8H11NO. The van der Waals surface area contributed by atoms with Gasteiger partial charge < -0.3 is 5.11 Å². The summed E-state index contributed by atoms with van der Waals surface area (Å²) in [5, 5.41) is 18.0. The van der Waals surface area contributed by atoms with Crippen molar-refractivity contribution in [3.63, 3.8) is 0 Å². The number of hydrogen-bond donors (Lipinski definition) is 1. The van der Waals surface area contributed by atoms with Gasteiger partial charge in [0, 0.05) is 5.92 Å². The molecule has 54 valence electrons. The van der Waals surface area contributed by atoms with Crippen LogP contribution in [0.1, 0.15) is 19.3 Å². The van der Waals surface area contributed by atoms with E-state index in [1.54, 1.807) is 0 Å². The molecule has 2 rings (SSSR count). The minimum absolute atomic E-state index is 0.161. The highest BCUT2D eigenvalue weighted by Crippen LogP contribution is 2.47. The maximum atomic E-state index is 9.37. The Hall–Kier alpha value is -0.550. The number of nitriles is 1. The molecule has 0 heterocycles. The summed E-state index contributed by atoms with van der Waals surface area (Å²) in [6, 6.07) is 2.27. The zero-order valence-corrected chi connectivity index (χ0v) is 5.83. The fraction of sp³-hybridized carbons (Fsp3) is 0.875. The van der Waals surface area contributed by atoms with Crippen LogP contribution in [0.2, 0.25) is 0 Å². The standard InChI is InChI=1S/C8H11NO/c9-4-6-1-5-2-7(6)8(10)3-5/h5-8,10H,1-3H2/t5-,6-,7-,8+/m1/s1. The van der Waals surface area contributed by atoms with E-state index in [1.165, 1.54) is 0 Å². The van der Waals surface area contributed by atoms with E-state index in [0.717, 1.165) is 19.3 Å². The van der Waals surface area contributed by atoms with Crippen molar-refractivity contribution in [2.75, 3.05) is 0 Å². The molecule has 0 aromatic rings. The van der Waals surface area contributed by atoms with E-state index >= 15 is 0 Å². The number of fused-ring (bicyclic) bond motifs is 2. The Morgan fingerprint density at radius 2 is 2.10 bits per heavy atom. The van der Waals surface area contributed by atoms with Crippen LogP contribution >= 0.6 is 0 Å². The molecule has 0 spiro atoms. The minimum Gasteiger partial charge on any atom is -0.393 e. The lowest BCUT2D eigenvalue weighted by atomic mass is 9.88. The number of nitrogens with zero attached hydrogens (tertiary/aromatic N) is 1. The summed E-state index contributed by atoms with van der Waals surface area (Å²) in [6.45, 7) is 0. The first-order chi connectivity index (χ1) is 4.81. The monoisotopic (exact) mass is 137 g/mol. The molecule has 0 aromatic heterocycles. The van der Waals surface area contributed by atoms with Crippen LogP contribution in [0.4, 0.5) is 0 Å². The smallest absolute Gasteiger partial charge is 0.0659 e. The molecule has 2 aliphatic carbocycles. The lowest BCUT2D eigenvalue weighted by molar-refractivity contribution is 0.0960. The van der Waals surface area contributed by atoms with Crippen molar-refractivity contribution < 1.29 is 5.11 Å². The Labute approximate surface area is 60.5 Å². The lowest BCUT2D eigenvalue weighted by Crippen LogP contribution is -2.22. The van der Waals surface area contributed by atoms with E-state index in [2.05, 4.69) is 6.07 Å². The predicted octanol–water partition coefficient (Wildman–Crippen LogP) is 0.917. The highest BCUT2D eigenvalue weighted by molar-refractivity contribution is 5.03. The first kappa shape index (κ1) is 6.18. The van der Waals surface area contributed by atoms with E-state index in [-0.39, 0.29) is 12.0 Å². The first-order valence-corrected chi connectivity index (χ1v) is 3.89. The molecule has 10 heavy (non-hydrogen) atoms. The molecule has 0 amide bonds. The number of hydrogen-bond acceptors (Lipinski definition) is 2. The van der Waals surface area contributed by atoms with Gasteiger partial charge in [-0.1, -0.05) is 0 Å². The minimum atomic E-state index is -0.164. The van der Waals surface area contributed by atoms with Crippen molar-refractivity contribution >= 4 is 0 Å². The zero-order valence-electron chi connectivity index (χ0n) is 5.83. The van der Waals surface area contributed by atoms with Crippen molar-refractivity contribution in [2.24, 2.45) is 17.8 Å². The molecule has 1 N–H and O–H groups in total. The SMILES string of the molecule is N#C[C@H]1C[C@@H]2C[C@H]1[C@@H](O)C2. The Morgan fingerprint density at radius 1 is 1.30 bits per heavy atom. The van der Waals surface area contributed by atoms with Crippen molar-refractivity contribution in [1.82, 2.24) is 0 Å². The van der Waals surface area contributed by atoms with Gasteiger partial charge in [0.1, 0.15) is 0 Å². The molecule has 2 fully saturated rings. The summed E-state index contributed by atoms with van der Waals surface area (Å²) in [6.07, 6.45) is 2.92. The van der Waals surface area contributed by atoms with Gasteiger partial charge in [0.05, 0.1) is 18.1 Å². The van der Waals surface area contributed by atoms with Crippen LogP contribution in [0.3, 0.4) is 0 Å². The Kier molecular flexibility index (Phi) is 1.21. The number of aliphatic hydroxyl groups is 1. The molecule has 0 saturated heterocycles. The second-order valence-electron chi connectivity index (χ2n) is 3.54. The average Bonchev–Trinajstić information content (AvgIpc) is 2.44. The van der Waals surface area contributed by atoms with Crippen LogP contribution in [0.25, 0.3) is 0 Å². The number of aliphatic hydroxyl groups excluding tert-OH is 1. The van der Waals surface area contributed by atoms with Crippen molar-refractivity contribution in [2.45, 2.75) is 25.4 Å². The fourth-order valence-electron chi connectivity index (χ4n) is 2.46. The van der Waals surface area contributed by atoms with Gasteiger partial charge >= 0.3 is 0 Å². The molecule has 2 heteroatoms. The van der Waals surface area contributed by atoms with E-state index in [9.17, 15) is 5.11 Å². The first-order valence-electron chi connectivity index (χ1n) is 3.89. The molecule has 0 aromatic carbocycles. The molecule has 0 radical (unpaired) electrons. The summed E-state index contributed by atoms with van der Waals surface area (Å²) in [4.78, 5) is 0. The molecule has 2 bridgehead atoms. The van der Waals surface area contributed by atoms with E-state index < -0.39 is 0 Å². The summed E-state index contributed by atoms with van der Waals surface area (Å²) < 4.78 is 0. The Morgan fingerprint density at radius 3 is 2.50 bits per heavy atom. The Bertz CT molecular complexity index is 184. The maximum absolute atomic E-state index is 9.37. The van der Waals surface area contributed by atoms with Gasteiger partial charge in [0.25, 0.3) is 0 Å². The van der Waals surface area contributed by atoms with E-state index in [4.69, 9.17) is 5.26 Å². The fourth-order valence-corrected chi connectivity index (χ4v) is 2.46. The van der Waals surface area contributed by atoms with Crippen LogP contribution in [0.15, 0.2) is 0 Å². The van der Waals surface area contributed by atoms with Crippen LogP contribution in [-0.4, -0.2) is 11.2 Å². The third kappa shape index (κ3) is 0.674. The quantitative estimate of drug-likeness (QED) is 0.539. The zero-order chi connectivity index (χ0) is 7.14. The summed E-state index contributed by atoms with van der Waals surface area (Å²) in [5.41, 5.74) is 0. The van der Waals surface area contributed by atoms with E-state index in [0.29, 0.717) is 11.8 Å². The molecule has 4 atom stereocenters.